The first kappa shape index (κ1) is 14.7. The summed E-state index contributed by atoms with van der Waals surface area (Å²) in [6, 6.07) is 10.4. The van der Waals surface area contributed by atoms with E-state index >= 15 is 0 Å². The second-order valence-corrected chi connectivity index (χ2v) is 7.56. The zero-order chi connectivity index (χ0) is 15.0. The minimum atomic E-state index is -0.150. The van der Waals surface area contributed by atoms with E-state index in [0.29, 0.717) is 13.2 Å². The standard InChI is InChI=1S/C16H22N2O2S/c1-4-20-14-13-11-21-16(2,3)18(13)15(19)17(14)10-12-8-6-5-7-9-12/h5-9,13-14H,4,10-11H2,1-3H3/t13-,14?/m0/s1. The van der Waals surface area contributed by atoms with E-state index in [9.17, 15) is 4.79 Å². The highest BCUT2D eigenvalue weighted by Crippen LogP contribution is 2.45. The smallest absolute Gasteiger partial charge is 0.323 e. The third kappa shape index (κ3) is 2.53. The number of rotatable bonds is 4. The van der Waals surface area contributed by atoms with E-state index in [2.05, 4.69) is 26.0 Å². The van der Waals surface area contributed by atoms with Gasteiger partial charge in [0, 0.05) is 12.4 Å². The van der Waals surface area contributed by atoms with E-state index in [-0.39, 0.29) is 23.2 Å². The summed E-state index contributed by atoms with van der Waals surface area (Å²) in [7, 11) is 0. The second kappa shape index (κ2) is 5.54. The molecule has 4 nitrogen and oxygen atoms in total. The quantitative estimate of drug-likeness (QED) is 0.857. The molecule has 5 heteroatoms. The predicted molar refractivity (Wildman–Crippen MR) is 85.0 cm³/mol. The number of fused-ring (bicyclic) bond motifs is 1. The summed E-state index contributed by atoms with van der Waals surface area (Å²) in [4.78, 5) is 16.6. The van der Waals surface area contributed by atoms with Crippen LogP contribution in [0.3, 0.4) is 0 Å². The van der Waals surface area contributed by atoms with Crippen molar-refractivity contribution in [2.75, 3.05) is 12.4 Å². The molecule has 0 aliphatic carbocycles. The van der Waals surface area contributed by atoms with Crippen molar-refractivity contribution >= 4 is 17.8 Å². The largest absolute Gasteiger partial charge is 0.356 e. The minimum Gasteiger partial charge on any atom is -0.356 e. The number of nitrogens with zero attached hydrogens (tertiary/aromatic N) is 2. The van der Waals surface area contributed by atoms with E-state index in [1.807, 2.05) is 46.7 Å². The Balaban J connectivity index is 1.86. The van der Waals surface area contributed by atoms with Crippen LogP contribution in [0.15, 0.2) is 30.3 Å². The Morgan fingerprint density at radius 3 is 2.71 bits per heavy atom. The third-order valence-electron chi connectivity index (χ3n) is 4.14. The molecule has 2 aliphatic rings. The summed E-state index contributed by atoms with van der Waals surface area (Å²) in [6.45, 7) is 7.45. The van der Waals surface area contributed by atoms with Crippen molar-refractivity contribution in [3.8, 4) is 0 Å². The molecule has 0 bridgehead atoms. The maximum atomic E-state index is 12.9. The second-order valence-electron chi connectivity index (χ2n) is 5.94. The first-order valence-corrected chi connectivity index (χ1v) is 8.42. The lowest BCUT2D eigenvalue weighted by atomic mass is 10.2. The first-order valence-electron chi connectivity index (χ1n) is 7.44. The van der Waals surface area contributed by atoms with E-state index in [1.54, 1.807) is 0 Å². The fraction of sp³-hybridized carbons (Fsp3) is 0.562. The Morgan fingerprint density at radius 1 is 1.33 bits per heavy atom. The molecule has 1 aromatic carbocycles. The average Bonchev–Trinajstić information content (AvgIpc) is 2.91. The van der Waals surface area contributed by atoms with Gasteiger partial charge in [0.05, 0.1) is 17.5 Å². The summed E-state index contributed by atoms with van der Waals surface area (Å²) in [5, 5.41) is 0. The lowest BCUT2D eigenvalue weighted by Crippen LogP contribution is -2.43. The number of carbonyl (C=O) groups excluding carboxylic acids is 1. The summed E-state index contributed by atoms with van der Waals surface area (Å²) < 4.78 is 5.92. The monoisotopic (exact) mass is 306 g/mol. The van der Waals surface area contributed by atoms with Crippen LogP contribution in [0, 0.1) is 0 Å². The highest BCUT2D eigenvalue weighted by atomic mass is 32.2. The van der Waals surface area contributed by atoms with Gasteiger partial charge in [-0.05, 0) is 26.3 Å². The molecule has 0 N–H and O–H groups in total. The molecule has 114 valence electrons. The first-order chi connectivity index (χ1) is 10.0. The van der Waals surface area contributed by atoms with Crippen LogP contribution in [0.4, 0.5) is 4.79 Å². The molecule has 2 aliphatic heterocycles. The number of hydrogen-bond donors (Lipinski definition) is 0. The number of carbonyl (C=O) groups is 1. The van der Waals surface area contributed by atoms with Crippen LogP contribution in [-0.4, -0.2) is 45.3 Å². The zero-order valence-electron chi connectivity index (χ0n) is 12.8. The summed E-state index contributed by atoms with van der Waals surface area (Å²) >= 11 is 1.83. The number of hydrogen-bond acceptors (Lipinski definition) is 3. The van der Waals surface area contributed by atoms with Crippen molar-refractivity contribution in [2.24, 2.45) is 0 Å². The van der Waals surface area contributed by atoms with Crippen LogP contribution in [0.1, 0.15) is 26.3 Å². The Kier molecular flexibility index (Phi) is 3.88. The molecule has 2 saturated heterocycles. The van der Waals surface area contributed by atoms with E-state index < -0.39 is 0 Å². The van der Waals surface area contributed by atoms with Crippen molar-refractivity contribution in [2.45, 2.75) is 44.5 Å². The number of benzene rings is 1. The van der Waals surface area contributed by atoms with E-state index in [0.717, 1.165) is 11.3 Å². The summed E-state index contributed by atoms with van der Waals surface area (Å²) in [6.07, 6.45) is -0.142. The van der Waals surface area contributed by atoms with Gasteiger partial charge >= 0.3 is 6.03 Å². The highest BCUT2D eigenvalue weighted by Gasteiger charge is 2.55. The van der Waals surface area contributed by atoms with Crippen LogP contribution in [-0.2, 0) is 11.3 Å². The topological polar surface area (TPSA) is 32.8 Å². The maximum absolute atomic E-state index is 12.9. The highest BCUT2D eigenvalue weighted by molar-refractivity contribution is 8.00. The van der Waals surface area contributed by atoms with Crippen molar-refractivity contribution in [1.82, 2.24) is 9.80 Å². The predicted octanol–water partition coefficient (Wildman–Crippen LogP) is 3.14. The lowest BCUT2D eigenvalue weighted by Gasteiger charge is -2.29. The Labute approximate surface area is 130 Å². The van der Waals surface area contributed by atoms with Crippen LogP contribution in [0.5, 0.6) is 0 Å². The third-order valence-corrected chi connectivity index (χ3v) is 5.55. The summed E-state index contributed by atoms with van der Waals surface area (Å²) in [5.41, 5.74) is 1.14. The van der Waals surface area contributed by atoms with Crippen LogP contribution in [0.25, 0.3) is 0 Å². The fourth-order valence-electron chi connectivity index (χ4n) is 3.18. The molecule has 0 spiro atoms. The number of amides is 2. The van der Waals surface area contributed by atoms with E-state index in [1.165, 1.54) is 0 Å². The SMILES string of the molecule is CCOC1[C@@H]2CSC(C)(C)N2C(=O)N1Cc1ccccc1. The van der Waals surface area contributed by atoms with Crippen molar-refractivity contribution in [1.29, 1.82) is 0 Å². The Morgan fingerprint density at radius 2 is 2.05 bits per heavy atom. The normalized spacial score (nSPS) is 27.3. The van der Waals surface area contributed by atoms with Crippen LogP contribution >= 0.6 is 11.8 Å². The van der Waals surface area contributed by atoms with Gasteiger partial charge in [0.1, 0.15) is 0 Å². The molecule has 21 heavy (non-hydrogen) atoms. The van der Waals surface area contributed by atoms with Gasteiger partial charge in [0.2, 0.25) is 0 Å². The molecular formula is C16H22N2O2S. The Hall–Kier alpha value is -1.20. The van der Waals surface area contributed by atoms with Gasteiger partial charge in [-0.3, -0.25) is 4.90 Å². The molecule has 0 saturated carbocycles. The van der Waals surface area contributed by atoms with Crippen LogP contribution in [0.2, 0.25) is 0 Å². The average molecular weight is 306 g/mol. The van der Waals surface area contributed by atoms with Gasteiger partial charge in [-0.2, -0.15) is 0 Å². The molecule has 0 radical (unpaired) electrons. The zero-order valence-corrected chi connectivity index (χ0v) is 13.6. The molecule has 1 aromatic rings. The molecule has 2 heterocycles. The van der Waals surface area contributed by atoms with Gasteiger partial charge in [0.15, 0.2) is 6.23 Å². The van der Waals surface area contributed by atoms with Crippen molar-refractivity contribution in [3.05, 3.63) is 35.9 Å². The lowest BCUT2D eigenvalue weighted by molar-refractivity contribution is -0.0325. The van der Waals surface area contributed by atoms with Gasteiger partial charge in [0.25, 0.3) is 0 Å². The molecule has 2 amide bonds. The van der Waals surface area contributed by atoms with E-state index in [4.69, 9.17) is 4.74 Å². The molecule has 3 rings (SSSR count). The summed E-state index contributed by atoms with van der Waals surface area (Å²) in [5.74, 6) is 0.939. The number of ether oxygens (including phenoxy) is 1. The van der Waals surface area contributed by atoms with Crippen molar-refractivity contribution in [3.63, 3.8) is 0 Å². The van der Waals surface area contributed by atoms with Crippen LogP contribution < -0.4 is 0 Å². The minimum absolute atomic E-state index is 0.0947. The van der Waals surface area contributed by atoms with Gasteiger partial charge in [-0.1, -0.05) is 30.3 Å². The Bertz CT molecular complexity index is 520. The van der Waals surface area contributed by atoms with Crippen molar-refractivity contribution < 1.29 is 9.53 Å². The number of thioether (sulfide) groups is 1. The van der Waals surface area contributed by atoms with Gasteiger partial charge in [-0.25, -0.2) is 4.79 Å². The maximum Gasteiger partial charge on any atom is 0.323 e. The molecule has 0 aromatic heterocycles. The molecule has 2 atom stereocenters. The molecule has 2 fully saturated rings. The molecular weight excluding hydrogens is 284 g/mol. The fourth-order valence-corrected chi connectivity index (χ4v) is 4.42. The molecule has 1 unspecified atom stereocenters. The van der Waals surface area contributed by atoms with Gasteiger partial charge < -0.3 is 9.64 Å². The number of urea groups is 1. The van der Waals surface area contributed by atoms with Gasteiger partial charge in [-0.15, -0.1) is 11.8 Å².